The zero-order valence-electron chi connectivity index (χ0n) is 33.6. The first-order valence-electron chi connectivity index (χ1n) is 19.2. The topological polar surface area (TPSA) is 398 Å². The highest BCUT2D eigenvalue weighted by Crippen LogP contribution is 2.21. The molecule has 2 heterocycles. The molecule has 1 fully saturated rings. The number of aromatic amines is 1. The van der Waals surface area contributed by atoms with E-state index in [4.69, 9.17) is 11.5 Å². The van der Waals surface area contributed by atoms with Crippen LogP contribution < -0.4 is 43.4 Å². The monoisotopic (exact) mass is 862 g/mol. The number of aliphatic hydroxyl groups excluding tert-OH is 4. The Kier molecular flexibility index (Phi) is 18.1. The lowest BCUT2D eigenvalue weighted by atomic mass is 9.99. The predicted octanol–water partition coefficient (Wildman–Crippen LogP) is -6.48. The summed E-state index contributed by atoms with van der Waals surface area (Å²) in [5.74, 6) is -10.7. The molecule has 24 nitrogen and oxygen atoms in total. The van der Waals surface area contributed by atoms with Crippen molar-refractivity contribution >= 4 is 64.1 Å². The van der Waals surface area contributed by atoms with Gasteiger partial charge in [-0.05, 0) is 25.5 Å². The maximum atomic E-state index is 13.8. The minimum Gasteiger partial charge on any atom is -0.480 e. The van der Waals surface area contributed by atoms with Crippen LogP contribution in [-0.4, -0.2) is 169 Å². The molecule has 24 heteroatoms. The summed E-state index contributed by atoms with van der Waals surface area (Å²) in [5, 5.41) is 63.4. The van der Waals surface area contributed by atoms with E-state index in [-0.39, 0.29) is 19.4 Å². The summed E-state index contributed by atoms with van der Waals surface area (Å²) in [6.45, 7) is 1.00. The Morgan fingerprint density at radius 3 is 1.93 bits per heavy atom. The van der Waals surface area contributed by atoms with Crippen LogP contribution in [0.3, 0.4) is 0 Å². The summed E-state index contributed by atoms with van der Waals surface area (Å²) >= 11 is 0. The molecule has 10 atom stereocenters. The number of hydrogen-bond donors (Lipinski definition) is 14. The minimum absolute atomic E-state index is 0.145. The Morgan fingerprint density at radius 2 is 1.34 bits per heavy atom. The number of benzene rings is 1. The van der Waals surface area contributed by atoms with Gasteiger partial charge in [-0.3, -0.25) is 38.4 Å². The van der Waals surface area contributed by atoms with E-state index in [1.54, 1.807) is 30.5 Å². The van der Waals surface area contributed by atoms with Crippen LogP contribution in [0.15, 0.2) is 30.5 Å². The standard InChI is InChI=1S/C37H54N10O14/c1-16(13-48)29(35(58)43-23(31(54)45-26(15-50)37(60)61)8-19-11-40-22-7-5-4-6-21(19)22)46-33(56)25(14-49)44-32(55)24(10-28(39)52)42-30(53)18(3)41-34(57)27-9-20(51)12-47(27)36(59)17(2)38/h4-7,11,16-18,20,23-27,29,40,48-51H,8-10,12-15,38H2,1-3H3,(H2,39,52)(H,41,57)(H,42,53)(H,43,58)(H,44,55)(H,45,54)(H,46,56)(H,60,61). The molecule has 0 spiro atoms. The van der Waals surface area contributed by atoms with Gasteiger partial charge >= 0.3 is 5.97 Å². The predicted molar refractivity (Wildman–Crippen MR) is 211 cm³/mol. The Labute approximate surface area is 348 Å². The third-order valence-electron chi connectivity index (χ3n) is 9.83. The van der Waals surface area contributed by atoms with E-state index in [1.807, 2.05) is 0 Å². The van der Waals surface area contributed by atoms with Gasteiger partial charge in [0.1, 0.15) is 42.3 Å². The van der Waals surface area contributed by atoms with E-state index in [9.17, 15) is 68.7 Å². The number of aliphatic hydroxyl groups is 4. The lowest BCUT2D eigenvalue weighted by molar-refractivity contribution is -0.143. The number of nitrogens with zero attached hydrogens (tertiary/aromatic N) is 1. The second kappa shape index (κ2) is 22.4. The molecule has 1 aliphatic rings. The van der Waals surface area contributed by atoms with Crippen LogP contribution >= 0.6 is 0 Å². The molecule has 3 rings (SSSR count). The Hall–Kier alpha value is -6.21. The minimum atomic E-state index is -1.86. The van der Waals surface area contributed by atoms with Gasteiger partial charge in [-0.2, -0.15) is 0 Å². The van der Waals surface area contributed by atoms with Gasteiger partial charge in [0.05, 0.1) is 31.8 Å². The number of amides is 8. The number of likely N-dealkylation sites (tertiary alicyclic amines) is 1. The van der Waals surface area contributed by atoms with Crippen molar-refractivity contribution in [2.75, 3.05) is 26.4 Å². The number of hydrogen-bond acceptors (Lipinski definition) is 14. The summed E-state index contributed by atoms with van der Waals surface area (Å²) in [4.78, 5) is 120. The second-order valence-corrected chi connectivity index (χ2v) is 14.7. The van der Waals surface area contributed by atoms with E-state index < -0.39 is 140 Å². The zero-order valence-corrected chi connectivity index (χ0v) is 33.6. The van der Waals surface area contributed by atoms with E-state index in [2.05, 4.69) is 36.9 Å². The van der Waals surface area contributed by atoms with Gasteiger partial charge in [0.25, 0.3) is 0 Å². The van der Waals surface area contributed by atoms with E-state index in [0.29, 0.717) is 16.5 Å². The average Bonchev–Trinajstić information content (AvgIpc) is 3.81. The summed E-state index contributed by atoms with van der Waals surface area (Å²) < 4.78 is 0. The van der Waals surface area contributed by atoms with Gasteiger partial charge in [-0.1, -0.05) is 25.1 Å². The van der Waals surface area contributed by atoms with Crippen molar-refractivity contribution < 1.29 is 68.7 Å². The number of β-amino-alcohol motifs (C(OH)–C–C–N with tert-alkyl or cyclic N) is 1. The molecule has 0 aliphatic carbocycles. The fraction of sp³-hybridized carbons (Fsp3) is 0.541. The van der Waals surface area contributed by atoms with Crippen LogP contribution in [0.2, 0.25) is 0 Å². The molecular weight excluding hydrogens is 808 g/mol. The van der Waals surface area contributed by atoms with Crippen molar-refractivity contribution in [1.82, 2.24) is 41.8 Å². The van der Waals surface area contributed by atoms with Crippen molar-refractivity contribution in [3.63, 3.8) is 0 Å². The molecular formula is C37H54N10O14. The first-order chi connectivity index (χ1) is 28.7. The number of H-pyrrole nitrogens is 1. The number of aliphatic carboxylic acids is 1. The Morgan fingerprint density at radius 1 is 0.770 bits per heavy atom. The third-order valence-corrected chi connectivity index (χ3v) is 9.83. The molecule has 61 heavy (non-hydrogen) atoms. The maximum Gasteiger partial charge on any atom is 0.328 e. The summed E-state index contributed by atoms with van der Waals surface area (Å²) in [6.07, 6.45) is -0.656. The zero-order chi connectivity index (χ0) is 45.7. The SMILES string of the molecule is CC(N)C(=O)N1CC(O)CC1C(=O)NC(C)C(=O)NC(CC(N)=O)C(=O)NC(CO)C(=O)NC(C(=O)NC(Cc1c[nH]c2ccccc12)C(=O)NC(CO)C(=O)O)C(C)CO. The number of nitrogens with two attached hydrogens (primary N) is 2. The lowest BCUT2D eigenvalue weighted by Crippen LogP contribution is -2.62. The number of para-hydroxylation sites is 1. The number of carboxylic acid groups (broad SMARTS) is 1. The number of nitrogens with one attached hydrogen (secondary N) is 7. The largest absolute Gasteiger partial charge is 0.480 e. The molecule has 0 radical (unpaired) electrons. The molecule has 10 unspecified atom stereocenters. The summed E-state index contributed by atoms with van der Waals surface area (Å²) in [5.41, 5.74) is 12.2. The number of carbonyl (C=O) groups is 9. The quantitative estimate of drug-likeness (QED) is 0.0524. The van der Waals surface area contributed by atoms with Gasteiger partial charge < -0.3 is 78.8 Å². The van der Waals surface area contributed by atoms with Crippen molar-refractivity contribution in [1.29, 1.82) is 0 Å². The summed E-state index contributed by atoms with van der Waals surface area (Å²) in [7, 11) is 0. The van der Waals surface area contributed by atoms with Crippen molar-refractivity contribution in [3.05, 3.63) is 36.0 Å². The van der Waals surface area contributed by atoms with Crippen LogP contribution in [0.4, 0.5) is 0 Å². The van der Waals surface area contributed by atoms with E-state index in [1.165, 1.54) is 20.8 Å². The number of rotatable bonds is 22. The second-order valence-electron chi connectivity index (χ2n) is 14.7. The van der Waals surface area contributed by atoms with Crippen molar-refractivity contribution in [2.24, 2.45) is 17.4 Å². The Balaban J connectivity index is 1.76. The van der Waals surface area contributed by atoms with Gasteiger partial charge in [0, 0.05) is 49.0 Å². The number of carbonyl (C=O) groups excluding carboxylic acids is 8. The van der Waals surface area contributed by atoms with Crippen LogP contribution in [0.1, 0.15) is 39.2 Å². The first-order valence-corrected chi connectivity index (χ1v) is 19.2. The number of fused-ring (bicyclic) bond motifs is 1. The highest BCUT2D eigenvalue weighted by Gasteiger charge is 2.41. The summed E-state index contributed by atoms with van der Waals surface area (Å²) in [6, 6.07) is -5.12. The highest BCUT2D eigenvalue weighted by atomic mass is 16.4. The number of carboxylic acids is 1. The highest BCUT2D eigenvalue weighted by molar-refractivity contribution is 5.99. The van der Waals surface area contributed by atoms with Gasteiger partial charge in [-0.15, -0.1) is 0 Å². The molecule has 1 aromatic heterocycles. The number of aromatic nitrogens is 1. The molecule has 0 saturated carbocycles. The molecule has 8 amide bonds. The van der Waals surface area contributed by atoms with Crippen molar-refractivity contribution in [2.45, 2.75) is 94.5 Å². The third kappa shape index (κ3) is 13.4. The molecule has 1 saturated heterocycles. The normalized spacial score (nSPS) is 18.9. The molecule has 0 bridgehead atoms. The van der Waals surface area contributed by atoms with Crippen LogP contribution in [0, 0.1) is 5.92 Å². The fourth-order valence-corrected chi connectivity index (χ4v) is 6.39. The molecule has 1 aromatic carbocycles. The van der Waals surface area contributed by atoms with Crippen molar-refractivity contribution in [3.8, 4) is 0 Å². The Bertz CT molecular complexity index is 1940. The van der Waals surface area contributed by atoms with Gasteiger partial charge in [-0.25, -0.2) is 4.79 Å². The van der Waals surface area contributed by atoms with E-state index in [0.717, 1.165) is 4.90 Å². The first kappa shape index (κ1) is 49.2. The molecule has 336 valence electrons. The maximum absolute atomic E-state index is 13.8. The smallest absolute Gasteiger partial charge is 0.328 e. The van der Waals surface area contributed by atoms with Gasteiger partial charge in [0.15, 0.2) is 0 Å². The lowest BCUT2D eigenvalue weighted by Gasteiger charge is -2.28. The average molecular weight is 863 g/mol. The fourth-order valence-electron chi connectivity index (χ4n) is 6.39. The van der Waals surface area contributed by atoms with Crippen LogP contribution in [0.5, 0.6) is 0 Å². The molecule has 1 aliphatic heterocycles. The molecule has 2 aromatic rings. The van der Waals surface area contributed by atoms with Crippen LogP contribution in [-0.2, 0) is 49.6 Å². The van der Waals surface area contributed by atoms with E-state index >= 15 is 0 Å². The van der Waals surface area contributed by atoms with Gasteiger partial charge in [0.2, 0.25) is 47.3 Å². The number of primary amides is 1. The molecule has 16 N–H and O–H groups in total. The van der Waals surface area contributed by atoms with Crippen LogP contribution in [0.25, 0.3) is 10.9 Å².